The van der Waals surface area contributed by atoms with Crippen LogP contribution in [0.1, 0.15) is 24.9 Å². The molecule has 1 atom stereocenters. The van der Waals surface area contributed by atoms with Crippen molar-refractivity contribution in [2.45, 2.75) is 19.4 Å². The quantitative estimate of drug-likeness (QED) is 0.813. The molecule has 0 fully saturated rings. The molecule has 0 aliphatic carbocycles. The van der Waals surface area contributed by atoms with Gasteiger partial charge in [0, 0.05) is 23.8 Å². The molecule has 0 radical (unpaired) electrons. The van der Waals surface area contributed by atoms with Crippen LogP contribution in [0.4, 0.5) is 0 Å². The van der Waals surface area contributed by atoms with E-state index in [2.05, 4.69) is 60.5 Å². The molecule has 1 aromatic carbocycles. The first-order valence-electron chi connectivity index (χ1n) is 7.72. The van der Waals surface area contributed by atoms with E-state index in [1.165, 1.54) is 22.1 Å². The molecular formula is C17H27N3S. The van der Waals surface area contributed by atoms with Crippen molar-refractivity contribution in [1.82, 2.24) is 9.80 Å². The number of rotatable bonds is 8. The molecule has 21 heavy (non-hydrogen) atoms. The molecule has 0 spiro atoms. The molecule has 0 aliphatic heterocycles. The lowest BCUT2D eigenvalue weighted by atomic mass is 10.0. The second kappa shape index (κ2) is 7.90. The third-order valence-corrected chi connectivity index (χ3v) is 4.97. The monoisotopic (exact) mass is 305 g/mol. The lowest BCUT2D eigenvalue weighted by molar-refractivity contribution is 0.203. The van der Waals surface area contributed by atoms with Crippen LogP contribution in [0.25, 0.3) is 10.1 Å². The van der Waals surface area contributed by atoms with Crippen molar-refractivity contribution in [1.29, 1.82) is 0 Å². The van der Waals surface area contributed by atoms with E-state index < -0.39 is 0 Å². The molecule has 0 bridgehead atoms. The lowest BCUT2D eigenvalue weighted by Crippen LogP contribution is -2.35. The van der Waals surface area contributed by atoms with Gasteiger partial charge in [-0.15, -0.1) is 11.3 Å². The summed E-state index contributed by atoms with van der Waals surface area (Å²) in [7, 11) is 4.26. The number of nitrogens with two attached hydrogens (primary N) is 1. The first-order valence-corrected chi connectivity index (χ1v) is 8.60. The Morgan fingerprint density at radius 1 is 1.19 bits per heavy atom. The van der Waals surface area contributed by atoms with Gasteiger partial charge in [0.15, 0.2) is 0 Å². The van der Waals surface area contributed by atoms with Crippen molar-refractivity contribution in [3.8, 4) is 0 Å². The predicted molar refractivity (Wildman–Crippen MR) is 94.0 cm³/mol. The molecule has 3 nitrogen and oxygen atoms in total. The zero-order chi connectivity index (χ0) is 15.2. The number of thiophene rings is 1. The second-order valence-electron chi connectivity index (χ2n) is 5.72. The fraction of sp³-hybridized carbons (Fsp3) is 0.529. The second-order valence-corrected chi connectivity index (χ2v) is 6.64. The zero-order valence-electron chi connectivity index (χ0n) is 13.4. The average Bonchev–Trinajstić information content (AvgIpc) is 2.90. The third-order valence-electron chi connectivity index (χ3n) is 3.99. The molecular weight excluding hydrogens is 278 g/mol. The van der Waals surface area contributed by atoms with E-state index in [4.69, 9.17) is 5.73 Å². The van der Waals surface area contributed by atoms with Gasteiger partial charge < -0.3 is 10.6 Å². The van der Waals surface area contributed by atoms with Gasteiger partial charge in [-0.05, 0) is 56.0 Å². The Balaban J connectivity index is 2.16. The van der Waals surface area contributed by atoms with E-state index in [9.17, 15) is 0 Å². The Morgan fingerprint density at radius 3 is 2.62 bits per heavy atom. The SMILES string of the molecule is CCN(CCCN(C)C)C(CN)c1csc2ccccc12. The van der Waals surface area contributed by atoms with Crippen LogP contribution in [0, 0.1) is 0 Å². The van der Waals surface area contributed by atoms with Crippen molar-refractivity contribution in [2.24, 2.45) is 5.73 Å². The van der Waals surface area contributed by atoms with Gasteiger partial charge in [-0.25, -0.2) is 0 Å². The fourth-order valence-corrected chi connectivity index (χ4v) is 3.86. The van der Waals surface area contributed by atoms with Gasteiger partial charge in [0.2, 0.25) is 0 Å². The molecule has 0 saturated heterocycles. The average molecular weight is 305 g/mol. The fourth-order valence-electron chi connectivity index (χ4n) is 2.85. The Morgan fingerprint density at radius 2 is 1.95 bits per heavy atom. The number of hydrogen-bond acceptors (Lipinski definition) is 4. The number of nitrogens with zero attached hydrogens (tertiary/aromatic N) is 2. The summed E-state index contributed by atoms with van der Waals surface area (Å²) in [5.74, 6) is 0. The van der Waals surface area contributed by atoms with E-state index in [1.807, 2.05) is 11.3 Å². The highest BCUT2D eigenvalue weighted by molar-refractivity contribution is 7.17. The summed E-state index contributed by atoms with van der Waals surface area (Å²) >= 11 is 1.82. The van der Waals surface area contributed by atoms with Crippen LogP contribution in [0.3, 0.4) is 0 Å². The summed E-state index contributed by atoms with van der Waals surface area (Å²) < 4.78 is 1.36. The summed E-state index contributed by atoms with van der Waals surface area (Å²) in [5, 5.41) is 3.65. The summed E-state index contributed by atoms with van der Waals surface area (Å²) in [6.45, 7) is 6.17. The number of hydrogen-bond donors (Lipinski definition) is 1. The first kappa shape index (κ1) is 16.4. The maximum absolute atomic E-state index is 6.12. The molecule has 0 amide bonds. The largest absolute Gasteiger partial charge is 0.329 e. The highest BCUT2D eigenvalue weighted by Crippen LogP contribution is 2.32. The number of benzene rings is 1. The first-order chi connectivity index (χ1) is 10.2. The molecule has 0 aliphatic rings. The van der Waals surface area contributed by atoms with Gasteiger partial charge in [0.25, 0.3) is 0 Å². The van der Waals surface area contributed by atoms with Crippen LogP contribution < -0.4 is 5.73 Å². The van der Waals surface area contributed by atoms with Gasteiger partial charge in [0.1, 0.15) is 0 Å². The number of likely N-dealkylation sites (N-methyl/N-ethyl adjacent to an activating group) is 1. The summed E-state index contributed by atoms with van der Waals surface area (Å²) in [6.07, 6.45) is 1.18. The maximum Gasteiger partial charge on any atom is 0.0484 e. The summed E-state index contributed by atoms with van der Waals surface area (Å²) in [5.41, 5.74) is 7.51. The predicted octanol–water partition coefficient (Wildman–Crippen LogP) is 3.17. The Kier molecular flexibility index (Phi) is 6.18. The molecule has 2 N–H and O–H groups in total. The van der Waals surface area contributed by atoms with Gasteiger partial charge in [0.05, 0.1) is 0 Å². The normalized spacial score (nSPS) is 13.4. The van der Waals surface area contributed by atoms with E-state index in [0.717, 1.165) is 19.6 Å². The smallest absolute Gasteiger partial charge is 0.0484 e. The maximum atomic E-state index is 6.12. The van der Waals surface area contributed by atoms with Crippen LogP contribution in [-0.4, -0.2) is 50.1 Å². The summed E-state index contributed by atoms with van der Waals surface area (Å²) in [4.78, 5) is 4.75. The van der Waals surface area contributed by atoms with E-state index in [0.29, 0.717) is 12.6 Å². The zero-order valence-corrected chi connectivity index (χ0v) is 14.2. The van der Waals surface area contributed by atoms with Crippen molar-refractivity contribution < 1.29 is 0 Å². The molecule has 1 heterocycles. The molecule has 2 rings (SSSR count). The Labute approximate surface area is 132 Å². The van der Waals surface area contributed by atoms with Crippen molar-refractivity contribution in [3.05, 3.63) is 35.2 Å². The third kappa shape index (κ3) is 4.04. The van der Waals surface area contributed by atoms with E-state index in [1.54, 1.807) is 0 Å². The number of fused-ring (bicyclic) bond motifs is 1. The summed E-state index contributed by atoms with van der Waals surface area (Å²) in [6, 6.07) is 8.97. The van der Waals surface area contributed by atoms with Gasteiger partial charge in [-0.3, -0.25) is 4.90 Å². The Hall–Kier alpha value is -0.940. The molecule has 1 unspecified atom stereocenters. The topological polar surface area (TPSA) is 32.5 Å². The minimum Gasteiger partial charge on any atom is -0.329 e. The highest BCUT2D eigenvalue weighted by Gasteiger charge is 2.20. The minimum absolute atomic E-state index is 0.327. The highest BCUT2D eigenvalue weighted by atomic mass is 32.1. The van der Waals surface area contributed by atoms with Crippen LogP contribution in [-0.2, 0) is 0 Å². The van der Waals surface area contributed by atoms with Crippen molar-refractivity contribution in [3.63, 3.8) is 0 Å². The molecule has 2 aromatic rings. The van der Waals surface area contributed by atoms with Crippen molar-refractivity contribution in [2.75, 3.05) is 40.3 Å². The van der Waals surface area contributed by atoms with Crippen molar-refractivity contribution >= 4 is 21.4 Å². The van der Waals surface area contributed by atoms with Crippen LogP contribution in [0.5, 0.6) is 0 Å². The lowest BCUT2D eigenvalue weighted by Gasteiger charge is -2.30. The van der Waals surface area contributed by atoms with Crippen LogP contribution >= 0.6 is 11.3 Å². The van der Waals surface area contributed by atoms with E-state index >= 15 is 0 Å². The van der Waals surface area contributed by atoms with Gasteiger partial charge in [-0.2, -0.15) is 0 Å². The van der Waals surface area contributed by atoms with Crippen LogP contribution in [0.15, 0.2) is 29.6 Å². The molecule has 0 saturated carbocycles. The molecule has 1 aromatic heterocycles. The molecule has 4 heteroatoms. The minimum atomic E-state index is 0.327. The Bertz CT molecular complexity index is 550. The van der Waals surface area contributed by atoms with Crippen LogP contribution in [0.2, 0.25) is 0 Å². The van der Waals surface area contributed by atoms with E-state index in [-0.39, 0.29) is 0 Å². The molecule has 116 valence electrons. The van der Waals surface area contributed by atoms with Gasteiger partial charge >= 0.3 is 0 Å². The standard InChI is InChI=1S/C17H27N3S/c1-4-20(11-7-10-19(2)3)16(12-18)15-13-21-17-9-6-5-8-14(15)17/h5-6,8-9,13,16H,4,7,10-12,18H2,1-3H3. The van der Waals surface area contributed by atoms with Gasteiger partial charge in [-0.1, -0.05) is 25.1 Å².